The van der Waals surface area contributed by atoms with Crippen LogP contribution in [-0.4, -0.2) is 9.81 Å². The number of alkyl halides is 1. The highest BCUT2D eigenvalue weighted by molar-refractivity contribution is 9.09. The van der Waals surface area contributed by atoms with E-state index in [-0.39, 0.29) is 0 Å². The molecule has 0 N–H and O–H groups in total. The van der Waals surface area contributed by atoms with Crippen LogP contribution >= 0.6 is 15.9 Å². The van der Waals surface area contributed by atoms with Gasteiger partial charge in [0.05, 0.1) is 5.52 Å². The van der Waals surface area contributed by atoms with Gasteiger partial charge in [0.25, 0.3) is 0 Å². The Labute approximate surface area is 110 Å². The Morgan fingerprint density at radius 2 is 1.88 bits per heavy atom. The average molecular weight is 290 g/mol. The molecule has 0 aliphatic heterocycles. The maximum Gasteiger partial charge on any atom is 0.0737 e. The minimum absolute atomic E-state index is 0.615. The molecule has 1 aliphatic rings. The summed E-state index contributed by atoms with van der Waals surface area (Å²) in [7, 11) is 0. The van der Waals surface area contributed by atoms with Crippen LogP contribution in [0.4, 0.5) is 0 Å². The lowest BCUT2D eigenvalue weighted by Crippen LogP contribution is -2.17. The van der Waals surface area contributed by atoms with Gasteiger partial charge in [-0.15, -0.1) is 0 Å². The van der Waals surface area contributed by atoms with E-state index in [0.717, 1.165) is 0 Å². The predicted octanol–water partition coefficient (Wildman–Crippen LogP) is 4.66. The Balaban J connectivity index is 2.10. The van der Waals surface area contributed by atoms with Gasteiger partial charge in [0.2, 0.25) is 0 Å². The van der Waals surface area contributed by atoms with Crippen LogP contribution in [-0.2, 0) is 0 Å². The van der Waals surface area contributed by atoms with Crippen molar-refractivity contribution in [3.8, 4) is 0 Å². The number of hydrogen-bond donors (Lipinski definition) is 0. The number of fused-ring (bicyclic) bond motifs is 1. The number of hydrogen-bond acceptors (Lipinski definition) is 1. The van der Waals surface area contributed by atoms with Gasteiger partial charge in [-0.3, -0.25) is 4.98 Å². The van der Waals surface area contributed by atoms with Crippen molar-refractivity contribution in [3.05, 3.63) is 42.1 Å². The van der Waals surface area contributed by atoms with Gasteiger partial charge in [0.1, 0.15) is 0 Å². The van der Waals surface area contributed by atoms with E-state index in [9.17, 15) is 0 Å². The summed E-state index contributed by atoms with van der Waals surface area (Å²) in [5.74, 6) is 0.627. The molecular formula is C15H16BrN. The van der Waals surface area contributed by atoms with E-state index in [1.807, 2.05) is 12.3 Å². The summed E-state index contributed by atoms with van der Waals surface area (Å²) in [6, 6.07) is 10.7. The lowest BCUT2D eigenvalue weighted by atomic mass is 9.83. The van der Waals surface area contributed by atoms with Gasteiger partial charge in [-0.25, -0.2) is 0 Å². The molecule has 0 bridgehead atoms. The van der Waals surface area contributed by atoms with Crippen LogP contribution in [0.15, 0.2) is 36.5 Å². The third-order valence-electron chi connectivity index (χ3n) is 3.75. The Bertz CT molecular complexity index is 518. The molecular weight excluding hydrogens is 274 g/mol. The first-order chi connectivity index (χ1) is 8.36. The molecule has 0 saturated heterocycles. The second-order valence-electron chi connectivity index (χ2n) is 4.83. The van der Waals surface area contributed by atoms with Gasteiger partial charge < -0.3 is 0 Å². The first-order valence-electron chi connectivity index (χ1n) is 6.34. The Morgan fingerprint density at radius 1 is 1.06 bits per heavy atom. The van der Waals surface area contributed by atoms with Crippen molar-refractivity contribution < 1.29 is 0 Å². The van der Waals surface area contributed by atoms with Crippen molar-refractivity contribution >= 4 is 26.8 Å². The fourth-order valence-electron chi connectivity index (χ4n) is 2.86. The van der Waals surface area contributed by atoms with Crippen LogP contribution in [0.5, 0.6) is 0 Å². The normalized spacial score (nSPS) is 25.0. The van der Waals surface area contributed by atoms with E-state index in [0.29, 0.717) is 10.7 Å². The highest BCUT2D eigenvalue weighted by atomic mass is 79.9. The van der Waals surface area contributed by atoms with E-state index < -0.39 is 0 Å². The highest BCUT2D eigenvalue weighted by Crippen LogP contribution is 2.39. The van der Waals surface area contributed by atoms with Crippen LogP contribution in [0, 0.1) is 0 Å². The highest BCUT2D eigenvalue weighted by Gasteiger charge is 2.25. The SMILES string of the molecule is BrC1CCCCC1c1cccc2cccnc12. The molecule has 3 rings (SSSR count). The van der Waals surface area contributed by atoms with Gasteiger partial charge in [-0.1, -0.05) is 53.0 Å². The van der Waals surface area contributed by atoms with Crippen molar-refractivity contribution in [2.45, 2.75) is 36.4 Å². The standard InChI is InChI=1S/C15H16BrN/c16-14-9-2-1-7-12(14)13-8-3-5-11-6-4-10-17-15(11)13/h3-6,8,10,12,14H,1-2,7,9H2. The minimum atomic E-state index is 0.615. The van der Waals surface area contributed by atoms with Crippen LogP contribution in [0.2, 0.25) is 0 Å². The van der Waals surface area contributed by atoms with Gasteiger partial charge in [0.15, 0.2) is 0 Å². The Morgan fingerprint density at radius 3 is 2.76 bits per heavy atom. The van der Waals surface area contributed by atoms with Crippen molar-refractivity contribution in [2.75, 3.05) is 0 Å². The lowest BCUT2D eigenvalue weighted by molar-refractivity contribution is 0.462. The molecule has 1 aliphatic carbocycles. The van der Waals surface area contributed by atoms with Gasteiger partial charge in [0, 0.05) is 16.4 Å². The second kappa shape index (κ2) is 4.77. The molecule has 1 heterocycles. The Hall–Kier alpha value is -0.890. The summed E-state index contributed by atoms with van der Waals surface area (Å²) >= 11 is 3.85. The van der Waals surface area contributed by atoms with E-state index in [1.165, 1.54) is 42.1 Å². The van der Waals surface area contributed by atoms with Crippen LogP contribution in [0.3, 0.4) is 0 Å². The molecule has 2 atom stereocenters. The quantitative estimate of drug-likeness (QED) is 0.696. The van der Waals surface area contributed by atoms with E-state index in [4.69, 9.17) is 0 Å². The molecule has 1 nitrogen and oxygen atoms in total. The smallest absolute Gasteiger partial charge is 0.0737 e. The summed E-state index contributed by atoms with van der Waals surface area (Å²) in [6.07, 6.45) is 7.16. The molecule has 1 aromatic heterocycles. The largest absolute Gasteiger partial charge is 0.256 e. The molecule has 0 spiro atoms. The van der Waals surface area contributed by atoms with Crippen LogP contribution in [0.25, 0.3) is 10.9 Å². The van der Waals surface area contributed by atoms with Gasteiger partial charge in [-0.2, -0.15) is 0 Å². The number of nitrogens with zero attached hydrogens (tertiary/aromatic N) is 1. The predicted molar refractivity (Wildman–Crippen MR) is 75.7 cm³/mol. The summed E-state index contributed by atoms with van der Waals surface area (Å²) < 4.78 is 0. The van der Waals surface area contributed by atoms with E-state index in [1.54, 1.807) is 0 Å². The van der Waals surface area contributed by atoms with Crippen molar-refractivity contribution in [1.82, 2.24) is 4.98 Å². The average Bonchev–Trinajstić information content (AvgIpc) is 2.39. The monoisotopic (exact) mass is 289 g/mol. The van der Waals surface area contributed by atoms with Gasteiger partial charge in [-0.05, 0) is 30.4 Å². The Kier molecular flexibility index (Phi) is 3.15. The van der Waals surface area contributed by atoms with Crippen molar-refractivity contribution in [1.29, 1.82) is 0 Å². The topological polar surface area (TPSA) is 12.9 Å². The first kappa shape index (κ1) is 11.2. The second-order valence-corrected chi connectivity index (χ2v) is 6.01. The number of benzene rings is 1. The maximum absolute atomic E-state index is 4.57. The number of aromatic nitrogens is 1. The summed E-state index contributed by atoms with van der Waals surface area (Å²) in [5, 5.41) is 1.26. The number of halogens is 1. The molecule has 88 valence electrons. The zero-order chi connectivity index (χ0) is 11.7. The molecule has 0 amide bonds. The summed E-state index contributed by atoms with van der Waals surface area (Å²) in [5.41, 5.74) is 2.61. The van der Waals surface area contributed by atoms with Crippen molar-refractivity contribution in [3.63, 3.8) is 0 Å². The number of pyridine rings is 1. The minimum Gasteiger partial charge on any atom is -0.256 e. The number of para-hydroxylation sites is 1. The lowest BCUT2D eigenvalue weighted by Gasteiger charge is -2.28. The molecule has 0 radical (unpaired) electrons. The molecule has 1 fully saturated rings. The number of rotatable bonds is 1. The van der Waals surface area contributed by atoms with E-state index >= 15 is 0 Å². The summed E-state index contributed by atoms with van der Waals surface area (Å²) in [4.78, 5) is 5.18. The molecule has 2 heteroatoms. The summed E-state index contributed by atoms with van der Waals surface area (Å²) in [6.45, 7) is 0. The molecule has 1 saturated carbocycles. The fraction of sp³-hybridized carbons (Fsp3) is 0.400. The molecule has 1 aromatic carbocycles. The fourth-order valence-corrected chi connectivity index (χ4v) is 3.74. The molecule has 17 heavy (non-hydrogen) atoms. The zero-order valence-electron chi connectivity index (χ0n) is 9.77. The van der Waals surface area contributed by atoms with Crippen molar-refractivity contribution in [2.24, 2.45) is 0 Å². The molecule has 2 unspecified atom stereocenters. The van der Waals surface area contributed by atoms with Gasteiger partial charge >= 0.3 is 0 Å². The third kappa shape index (κ3) is 2.11. The third-order valence-corrected chi connectivity index (χ3v) is 4.84. The van der Waals surface area contributed by atoms with Crippen LogP contribution in [0.1, 0.15) is 37.2 Å². The molecule has 2 aromatic rings. The van der Waals surface area contributed by atoms with E-state index in [2.05, 4.69) is 45.2 Å². The van der Waals surface area contributed by atoms with Crippen LogP contribution < -0.4 is 0 Å². The zero-order valence-corrected chi connectivity index (χ0v) is 11.4. The first-order valence-corrected chi connectivity index (χ1v) is 7.25. The maximum atomic E-state index is 4.57.